The summed E-state index contributed by atoms with van der Waals surface area (Å²) in [6, 6.07) is 16.2. The zero-order valence-corrected chi connectivity index (χ0v) is 14.0. The van der Waals surface area contributed by atoms with Crippen LogP contribution in [0.2, 0.25) is 0 Å². The van der Waals surface area contributed by atoms with Crippen molar-refractivity contribution in [1.29, 1.82) is 0 Å². The van der Waals surface area contributed by atoms with E-state index in [1.165, 1.54) is 4.90 Å². The predicted molar refractivity (Wildman–Crippen MR) is 89.3 cm³/mol. The molecule has 6 heteroatoms. The van der Waals surface area contributed by atoms with Gasteiger partial charge >= 0.3 is 12.3 Å². The molecule has 2 aromatic rings. The Morgan fingerprint density at radius 1 is 1.08 bits per heavy atom. The van der Waals surface area contributed by atoms with E-state index in [9.17, 15) is 18.0 Å². The van der Waals surface area contributed by atoms with Gasteiger partial charge in [0.25, 0.3) is 0 Å². The summed E-state index contributed by atoms with van der Waals surface area (Å²) in [5, 5.41) is 0. The van der Waals surface area contributed by atoms with E-state index in [1.54, 1.807) is 18.2 Å². The summed E-state index contributed by atoms with van der Waals surface area (Å²) < 4.78 is 46.9. The number of halogens is 3. The van der Waals surface area contributed by atoms with Gasteiger partial charge in [0.2, 0.25) is 0 Å². The monoisotopic (exact) mass is 361 g/mol. The minimum atomic E-state index is -4.43. The third-order valence-electron chi connectivity index (χ3n) is 5.30. The Labute approximate surface area is 149 Å². The van der Waals surface area contributed by atoms with Crippen molar-refractivity contribution in [3.05, 3.63) is 71.3 Å². The van der Waals surface area contributed by atoms with Gasteiger partial charge in [-0.2, -0.15) is 13.2 Å². The van der Waals surface area contributed by atoms with E-state index in [-0.39, 0.29) is 19.5 Å². The molecule has 136 valence electrons. The highest BCUT2D eigenvalue weighted by Gasteiger charge is 2.62. The molecule has 2 aromatic carbocycles. The number of hydrogen-bond acceptors (Lipinski definition) is 2. The highest BCUT2D eigenvalue weighted by molar-refractivity contribution is 5.71. The normalized spacial score (nSPS) is 25.3. The Bertz CT molecular complexity index is 821. The number of amides is 1. The zero-order valence-electron chi connectivity index (χ0n) is 14.0. The largest absolute Gasteiger partial charge is 0.435 e. The second-order valence-corrected chi connectivity index (χ2v) is 6.89. The Kier molecular flexibility index (Phi) is 3.93. The van der Waals surface area contributed by atoms with Gasteiger partial charge in [0.1, 0.15) is 5.92 Å². The summed E-state index contributed by atoms with van der Waals surface area (Å²) in [5.41, 5.74) is 0.493. The van der Waals surface area contributed by atoms with Gasteiger partial charge in [-0.05, 0) is 24.0 Å². The predicted octanol–water partition coefficient (Wildman–Crippen LogP) is 4.66. The summed E-state index contributed by atoms with van der Waals surface area (Å²) in [5.74, 6) is -1.70. The smallest absolute Gasteiger partial charge is 0.411 e. The molecule has 0 N–H and O–H groups in total. The number of alkyl halides is 3. The first-order chi connectivity index (χ1) is 12.4. The van der Waals surface area contributed by atoms with Crippen LogP contribution in [0, 0.1) is 5.92 Å². The summed E-state index contributed by atoms with van der Waals surface area (Å²) in [6.45, 7) is 0.135. The van der Waals surface area contributed by atoms with E-state index >= 15 is 0 Å². The minimum Gasteiger partial charge on any atom is -0.435 e. The number of ether oxygens (including phenoxy) is 1. The van der Waals surface area contributed by atoms with Crippen LogP contribution in [0.5, 0.6) is 0 Å². The van der Waals surface area contributed by atoms with E-state index in [0.29, 0.717) is 12.0 Å². The molecule has 4 rings (SSSR count). The van der Waals surface area contributed by atoms with E-state index in [2.05, 4.69) is 0 Å². The van der Waals surface area contributed by atoms with E-state index < -0.39 is 23.8 Å². The van der Waals surface area contributed by atoms with Crippen LogP contribution in [-0.4, -0.2) is 23.7 Å². The fraction of sp³-hybridized carbons (Fsp3) is 0.350. The molecular formula is C20H18F3NO2. The number of nitrogens with zero attached hydrogens (tertiary/aromatic N) is 1. The molecule has 26 heavy (non-hydrogen) atoms. The summed E-state index contributed by atoms with van der Waals surface area (Å²) in [7, 11) is 0. The van der Waals surface area contributed by atoms with Gasteiger partial charge in [-0.1, -0.05) is 54.6 Å². The first-order valence-electron chi connectivity index (χ1n) is 8.57. The molecule has 1 fully saturated rings. The number of carbonyl (C=O) groups is 1. The maximum absolute atomic E-state index is 13.8. The zero-order chi connectivity index (χ0) is 18.4. The third-order valence-corrected chi connectivity index (χ3v) is 5.30. The number of rotatable bonds is 2. The molecular weight excluding hydrogens is 343 g/mol. The molecule has 1 heterocycles. The fourth-order valence-electron chi connectivity index (χ4n) is 4.15. The van der Waals surface area contributed by atoms with Crippen LogP contribution in [0.25, 0.3) is 0 Å². The van der Waals surface area contributed by atoms with Gasteiger partial charge in [-0.25, -0.2) is 4.79 Å². The van der Waals surface area contributed by atoms with Crippen LogP contribution in [0.4, 0.5) is 18.0 Å². The number of fused-ring (bicyclic) bond motifs is 2. The van der Waals surface area contributed by atoms with Crippen molar-refractivity contribution in [3.8, 4) is 0 Å². The Morgan fingerprint density at radius 2 is 1.77 bits per heavy atom. The highest BCUT2D eigenvalue weighted by atomic mass is 19.4. The van der Waals surface area contributed by atoms with Crippen molar-refractivity contribution < 1.29 is 22.7 Å². The maximum Gasteiger partial charge on any atom is 0.411 e. The molecule has 1 aliphatic carbocycles. The lowest BCUT2D eigenvalue weighted by Gasteiger charge is -2.41. The van der Waals surface area contributed by atoms with Crippen LogP contribution in [0.1, 0.15) is 23.1 Å². The average molecular weight is 361 g/mol. The Hall–Kier alpha value is -2.50. The second-order valence-electron chi connectivity index (χ2n) is 6.89. The van der Waals surface area contributed by atoms with Crippen LogP contribution in [0.3, 0.4) is 0 Å². The highest BCUT2D eigenvalue weighted by Crippen LogP contribution is 2.52. The van der Waals surface area contributed by atoms with Gasteiger partial charge in [0.15, 0.2) is 5.60 Å². The number of aryl methyl sites for hydroxylation is 1. The molecule has 1 amide bonds. The molecule has 0 radical (unpaired) electrons. The van der Waals surface area contributed by atoms with Gasteiger partial charge in [0, 0.05) is 12.1 Å². The van der Waals surface area contributed by atoms with Crippen molar-refractivity contribution >= 4 is 6.09 Å². The fourth-order valence-corrected chi connectivity index (χ4v) is 4.15. The van der Waals surface area contributed by atoms with E-state index in [4.69, 9.17) is 4.74 Å². The van der Waals surface area contributed by atoms with Crippen molar-refractivity contribution in [3.63, 3.8) is 0 Å². The SMILES string of the molecule is O=C1O[C@@]2(CN1Cc1ccccc1)c1ccccc1CC[C@@H]2C(F)(F)F. The molecule has 2 aliphatic rings. The number of hydrogen-bond donors (Lipinski definition) is 0. The minimum absolute atomic E-state index is 0.0764. The maximum atomic E-state index is 13.8. The quantitative estimate of drug-likeness (QED) is 0.779. The van der Waals surface area contributed by atoms with Crippen LogP contribution < -0.4 is 0 Å². The van der Waals surface area contributed by atoms with Gasteiger partial charge in [-0.3, -0.25) is 4.90 Å². The first kappa shape index (κ1) is 16.9. The van der Waals surface area contributed by atoms with Crippen molar-refractivity contribution in [2.24, 2.45) is 5.92 Å². The van der Waals surface area contributed by atoms with Gasteiger partial charge in [-0.15, -0.1) is 0 Å². The van der Waals surface area contributed by atoms with Gasteiger partial charge < -0.3 is 4.74 Å². The first-order valence-corrected chi connectivity index (χ1v) is 8.57. The molecule has 3 nitrogen and oxygen atoms in total. The summed E-state index contributed by atoms with van der Waals surface area (Å²) in [4.78, 5) is 13.8. The van der Waals surface area contributed by atoms with Crippen LogP contribution in [0.15, 0.2) is 54.6 Å². The Morgan fingerprint density at radius 3 is 2.50 bits per heavy atom. The molecule has 0 bridgehead atoms. The molecule has 1 aliphatic heterocycles. The molecule has 1 saturated heterocycles. The topological polar surface area (TPSA) is 29.5 Å². The lowest BCUT2D eigenvalue weighted by Crippen LogP contribution is -2.49. The van der Waals surface area contributed by atoms with E-state index in [0.717, 1.165) is 11.1 Å². The molecule has 2 atom stereocenters. The lowest BCUT2D eigenvalue weighted by molar-refractivity contribution is -0.226. The third kappa shape index (κ3) is 2.73. The Balaban J connectivity index is 1.73. The standard InChI is InChI=1S/C20H18F3NO2/c21-20(22,23)17-11-10-15-8-4-5-9-16(15)19(17)13-24(18(25)26-19)12-14-6-2-1-3-7-14/h1-9,17H,10-13H2/t17-,19-/m0/s1. The molecule has 0 saturated carbocycles. The van der Waals surface area contributed by atoms with Crippen LogP contribution >= 0.6 is 0 Å². The number of benzene rings is 2. The lowest BCUT2D eigenvalue weighted by atomic mass is 9.71. The molecule has 0 unspecified atom stereocenters. The van der Waals surface area contributed by atoms with Crippen molar-refractivity contribution in [1.82, 2.24) is 4.90 Å². The average Bonchev–Trinajstić information content (AvgIpc) is 2.91. The van der Waals surface area contributed by atoms with Gasteiger partial charge in [0.05, 0.1) is 6.54 Å². The molecule has 1 spiro atoms. The van der Waals surface area contributed by atoms with E-state index in [1.807, 2.05) is 36.4 Å². The summed E-state index contributed by atoms with van der Waals surface area (Å²) in [6.07, 6.45) is -4.87. The van der Waals surface area contributed by atoms with Crippen molar-refractivity contribution in [2.45, 2.75) is 31.2 Å². The summed E-state index contributed by atoms with van der Waals surface area (Å²) >= 11 is 0. The second kappa shape index (κ2) is 6.04. The number of carbonyl (C=O) groups excluding carboxylic acids is 1. The van der Waals surface area contributed by atoms with Crippen molar-refractivity contribution in [2.75, 3.05) is 6.54 Å². The molecule has 0 aromatic heterocycles. The van der Waals surface area contributed by atoms with Crippen LogP contribution in [-0.2, 0) is 23.3 Å².